The summed E-state index contributed by atoms with van der Waals surface area (Å²) in [5, 5.41) is 2.82. The molecule has 3 aliphatic rings. The summed E-state index contributed by atoms with van der Waals surface area (Å²) in [5.41, 5.74) is 2.58. The molecule has 0 spiro atoms. The molecule has 5 amide bonds. The maximum atomic E-state index is 12.9. The Morgan fingerprint density at radius 2 is 1.93 bits per heavy atom. The van der Waals surface area contributed by atoms with E-state index in [0.717, 1.165) is 46.6 Å². The van der Waals surface area contributed by atoms with Crippen LogP contribution in [0.2, 0.25) is 0 Å². The molecule has 0 unspecified atom stereocenters. The molecule has 2 aliphatic carbocycles. The average Bonchev–Trinajstić information content (AvgIpc) is 3.40. The fraction of sp³-hybridized carbons (Fsp3) is 0.565. The zero-order chi connectivity index (χ0) is 21.6. The van der Waals surface area contributed by atoms with Crippen LogP contribution in [-0.2, 0) is 20.8 Å². The van der Waals surface area contributed by atoms with Gasteiger partial charge in [0.25, 0.3) is 0 Å². The molecule has 0 aromatic heterocycles. The average molecular weight is 412 g/mol. The van der Waals surface area contributed by atoms with Crippen LogP contribution in [-0.4, -0.2) is 46.1 Å². The van der Waals surface area contributed by atoms with Crippen molar-refractivity contribution in [3.63, 3.8) is 0 Å². The molecule has 1 saturated heterocycles. The summed E-state index contributed by atoms with van der Waals surface area (Å²) in [4.78, 5) is 52.6. The Bertz CT molecular complexity index is 912. The van der Waals surface area contributed by atoms with E-state index >= 15 is 0 Å². The second-order valence-electron chi connectivity index (χ2n) is 8.94. The van der Waals surface area contributed by atoms with Crippen LogP contribution in [0.15, 0.2) is 18.2 Å². The summed E-state index contributed by atoms with van der Waals surface area (Å²) >= 11 is 0. The zero-order valence-corrected chi connectivity index (χ0v) is 17.8. The SMILES string of the molecule is CCc1cccc(C)c1NC(=O)CN1C(=O)C(=O)N([C@H](C)[C@@H]2C[C@H]3CC[C@H]2C3)C1=O. The molecule has 7 nitrogen and oxygen atoms in total. The van der Waals surface area contributed by atoms with Gasteiger partial charge in [-0.15, -0.1) is 0 Å². The quantitative estimate of drug-likeness (QED) is 0.576. The van der Waals surface area contributed by atoms with Crippen molar-refractivity contribution in [1.29, 1.82) is 0 Å². The number of hydrogen-bond acceptors (Lipinski definition) is 4. The van der Waals surface area contributed by atoms with Crippen molar-refractivity contribution in [2.75, 3.05) is 11.9 Å². The molecule has 7 heteroatoms. The third kappa shape index (κ3) is 3.40. The lowest BCUT2D eigenvalue weighted by molar-refractivity contribution is -0.144. The number of aryl methyl sites for hydroxylation is 2. The largest absolute Gasteiger partial charge is 0.334 e. The van der Waals surface area contributed by atoms with E-state index < -0.39 is 30.3 Å². The van der Waals surface area contributed by atoms with Crippen LogP contribution < -0.4 is 5.32 Å². The highest BCUT2D eigenvalue weighted by Gasteiger charge is 2.52. The van der Waals surface area contributed by atoms with Gasteiger partial charge >= 0.3 is 17.8 Å². The molecule has 1 N–H and O–H groups in total. The van der Waals surface area contributed by atoms with E-state index in [1.54, 1.807) is 0 Å². The van der Waals surface area contributed by atoms with Crippen molar-refractivity contribution in [1.82, 2.24) is 9.80 Å². The molecule has 3 fully saturated rings. The van der Waals surface area contributed by atoms with Crippen LogP contribution in [0.4, 0.5) is 10.5 Å². The van der Waals surface area contributed by atoms with Crippen LogP contribution in [0, 0.1) is 24.7 Å². The number of carbonyl (C=O) groups excluding carboxylic acids is 4. The van der Waals surface area contributed by atoms with E-state index in [4.69, 9.17) is 0 Å². The van der Waals surface area contributed by atoms with Gasteiger partial charge in [0, 0.05) is 11.7 Å². The number of nitrogens with one attached hydrogen (secondary N) is 1. The van der Waals surface area contributed by atoms with E-state index in [2.05, 4.69) is 5.32 Å². The van der Waals surface area contributed by atoms with Crippen LogP contribution in [0.5, 0.6) is 0 Å². The molecule has 0 radical (unpaired) electrons. The Labute approximate surface area is 176 Å². The third-order valence-electron chi connectivity index (χ3n) is 7.21. The Kier molecular flexibility index (Phi) is 5.38. The van der Waals surface area contributed by atoms with Gasteiger partial charge in [-0.05, 0) is 68.4 Å². The van der Waals surface area contributed by atoms with Crippen molar-refractivity contribution in [2.24, 2.45) is 17.8 Å². The predicted octanol–water partition coefficient (Wildman–Crippen LogP) is 3.11. The first kappa shape index (κ1) is 20.6. The van der Waals surface area contributed by atoms with Gasteiger partial charge in [-0.25, -0.2) is 9.69 Å². The molecule has 1 aromatic carbocycles. The van der Waals surface area contributed by atoms with E-state index in [1.165, 1.54) is 6.42 Å². The fourth-order valence-electron chi connectivity index (χ4n) is 5.62. The second-order valence-corrected chi connectivity index (χ2v) is 8.94. The van der Waals surface area contributed by atoms with Crippen molar-refractivity contribution < 1.29 is 19.2 Å². The summed E-state index contributed by atoms with van der Waals surface area (Å²) < 4.78 is 0. The van der Waals surface area contributed by atoms with Gasteiger partial charge in [0.05, 0.1) is 0 Å². The number of amides is 5. The molecular formula is C23H29N3O4. The first-order valence-electron chi connectivity index (χ1n) is 10.9. The number of para-hydroxylation sites is 1. The minimum atomic E-state index is -0.911. The highest BCUT2D eigenvalue weighted by molar-refractivity contribution is 6.45. The molecule has 2 saturated carbocycles. The first-order valence-corrected chi connectivity index (χ1v) is 10.9. The summed E-state index contributed by atoms with van der Waals surface area (Å²) in [6, 6.07) is 4.75. The van der Waals surface area contributed by atoms with E-state index in [0.29, 0.717) is 17.5 Å². The van der Waals surface area contributed by atoms with Crippen molar-refractivity contribution >= 4 is 29.4 Å². The van der Waals surface area contributed by atoms with Gasteiger partial charge < -0.3 is 5.32 Å². The second kappa shape index (κ2) is 7.85. The topological polar surface area (TPSA) is 86.8 Å². The number of carbonyl (C=O) groups is 4. The lowest BCUT2D eigenvalue weighted by atomic mass is 9.83. The number of urea groups is 1. The maximum Gasteiger partial charge on any atom is 0.334 e. The van der Waals surface area contributed by atoms with Gasteiger partial charge in [-0.3, -0.25) is 19.3 Å². The maximum absolute atomic E-state index is 12.9. The van der Waals surface area contributed by atoms with Gasteiger partial charge in [-0.1, -0.05) is 31.5 Å². The molecule has 4 atom stereocenters. The van der Waals surface area contributed by atoms with Gasteiger partial charge in [0.15, 0.2) is 0 Å². The highest BCUT2D eigenvalue weighted by atomic mass is 16.2. The zero-order valence-electron chi connectivity index (χ0n) is 17.8. The van der Waals surface area contributed by atoms with Gasteiger partial charge in [-0.2, -0.15) is 0 Å². The Hall–Kier alpha value is -2.70. The summed E-state index contributed by atoms with van der Waals surface area (Å²) in [6.07, 6.45) is 5.25. The van der Waals surface area contributed by atoms with Crippen LogP contribution in [0.1, 0.15) is 50.7 Å². The van der Waals surface area contributed by atoms with Crippen LogP contribution >= 0.6 is 0 Å². The summed E-state index contributed by atoms with van der Waals surface area (Å²) in [7, 11) is 0. The molecule has 160 valence electrons. The van der Waals surface area contributed by atoms with Gasteiger partial charge in [0.1, 0.15) is 6.54 Å². The Morgan fingerprint density at radius 3 is 2.57 bits per heavy atom. The number of benzene rings is 1. The number of nitrogens with zero attached hydrogens (tertiary/aromatic N) is 2. The monoisotopic (exact) mass is 411 g/mol. The minimum Gasteiger partial charge on any atom is -0.324 e. The van der Waals surface area contributed by atoms with Gasteiger partial charge in [0.2, 0.25) is 5.91 Å². The van der Waals surface area contributed by atoms with Crippen molar-refractivity contribution in [3.05, 3.63) is 29.3 Å². The number of fused-ring (bicyclic) bond motifs is 2. The predicted molar refractivity (Wildman–Crippen MR) is 112 cm³/mol. The number of hydrogen-bond donors (Lipinski definition) is 1. The Morgan fingerprint density at radius 1 is 1.17 bits per heavy atom. The number of anilines is 1. The van der Waals surface area contributed by atoms with E-state index in [9.17, 15) is 19.2 Å². The lowest BCUT2D eigenvalue weighted by Gasteiger charge is -2.32. The lowest BCUT2D eigenvalue weighted by Crippen LogP contribution is -2.45. The summed E-state index contributed by atoms with van der Waals surface area (Å²) in [6.45, 7) is 5.29. The van der Waals surface area contributed by atoms with Crippen LogP contribution in [0.3, 0.4) is 0 Å². The molecule has 1 aliphatic heterocycles. The number of rotatable bonds is 6. The molecular weight excluding hydrogens is 382 g/mol. The normalized spacial score (nSPS) is 26.6. The summed E-state index contributed by atoms with van der Waals surface area (Å²) in [5.74, 6) is -0.764. The molecule has 1 heterocycles. The fourth-order valence-corrected chi connectivity index (χ4v) is 5.62. The first-order chi connectivity index (χ1) is 14.3. The number of imide groups is 2. The highest BCUT2D eigenvalue weighted by Crippen LogP contribution is 2.50. The van der Waals surface area contributed by atoms with Crippen molar-refractivity contribution in [3.8, 4) is 0 Å². The molecule has 4 rings (SSSR count). The molecule has 30 heavy (non-hydrogen) atoms. The van der Waals surface area contributed by atoms with E-state index in [-0.39, 0.29) is 12.0 Å². The van der Waals surface area contributed by atoms with Crippen LogP contribution in [0.25, 0.3) is 0 Å². The minimum absolute atomic E-state index is 0.248. The smallest absolute Gasteiger partial charge is 0.324 e. The standard InChI is InChI=1S/C23H29N3O4/c1-4-16-7-5-6-13(2)20(16)24-19(27)12-25-21(28)22(29)26(23(25)30)14(3)18-11-15-8-9-17(18)10-15/h5-7,14-15,17-18H,4,8-12H2,1-3H3,(H,24,27)/t14-,15+,17+,18+/m1/s1. The van der Waals surface area contributed by atoms with E-state index in [1.807, 2.05) is 39.0 Å². The molecule has 1 aromatic rings. The Balaban J connectivity index is 1.46. The molecule has 2 bridgehead atoms. The van der Waals surface area contributed by atoms with Crippen molar-refractivity contribution in [2.45, 2.75) is 58.9 Å². The third-order valence-corrected chi connectivity index (χ3v) is 7.21.